The lowest BCUT2D eigenvalue weighted by Crippen LogP contribution is -2.26. The van der Waals surface area contributed by atoms with E-state index in [0.29, 0.717) is 0 Å². The van der Waals surface area contributed by atoms with E-state index in [1.807, 2.05) is 11.3 Å². The number of unbranched alkanes of at least 4 members (excludes halogenated alkanes) is 2. The Labute approximate surface area is 111 Å². The largest absolute Gasteiger partial charge is 0.296 e. The number of thiophene rings is 1. The number of alkyl halides is 1. The maximum Gasteiger partial charge on any atom is 0.0244 e. The highest BCUT2D eigenvalue weighted by Gasteiger charge is 2.28. The Bertz CT molecular complexity index is 282. The Morgan fingerprint density at radius 2 is 2.19 bits per heavy atom. The van der Waals surface area contributed by atoms with E-state index in [9.17, 15) is 0 Å². The van der Waals surface area contributed by atoms with Gasteiger partial charge in [-0.2, -0.15) is 11.3 Å². The zero-order chi connectivity index (χ0) is 11.2. The van der Waals surface area contributed by atoms with Gasteiger partial charge in [-0.05, 0) is 54.6 Å². The Kier molecular flexibility index (Phi) is 5.33. The van der Waals surface area contributed by atoms with Crippen LogP contribution >= 0.6 is 27.3 Å². The summed E-state index contributed by atoms with van der Waals surface area (Å²) in [6, 6.07) is 3.15. The van der Waals surface area contributed by atoms with Gasteiger partial charge in [-0.3, -0.25) is 4.90 Å². The van der Waals surface area contributed by atoms with Gasteiger partial charge >= 0.3 is 0 Å². The molecule has 1 fully saturated rings. The van der Waals surface area contributed by atoms with Crippen LogP contribution in [0.2, 0.25) is 0 Å². The molecule has 16 heavy (non-hydrogen) atoms. The summed E-state index contributed by atoms with van der Waals surface area (Å²) in [7, 11) is 0. The van der Waals surface area contributed by atoms with Gasteiger partial charge in [0, 0.05) is 17.9 Å². The number of hydrogen-bond donors (Lipinski definition) is 0. The van der Waals surface area contributed by atoms with Crippen molar-refractivity contribution >= 4 is 27.3 Å². The molecule has 90 valence electrons. The third-order valence-corrected chi connectivity index (χ3v) is 4.40. The molecular formula is C13H20BrNS. The molecule has 0 aliphatic heterocycles. The Hall–Kier alpha value is 0.140. The Morgan fingerprint density at radius 3 is 2.81 bits per heavy atom. The van der Waals surface area contributed by atoms with E-state index in [-0.39, 0.29) is 0 Å². The second kappa shape index (κ2) is 6.77. The topological polar surface area (TPSA) is 3.24 Å². The van der Waals surface area contributed by atoms with E-state index in [1.54, 1.807) is 0 Å². The van der Waals surface area contributed by atoms with Crippen LogP contribution in [0.4, 0.5) is 0 Å². The average molecular weight is 302 g/mol. The molecule has 1 saturated carbocycles. The van der Waals surface area contributed by atoms with Crippen molar-refractivity contribution in [3.63, 3.8) is 0 Å². The van der Waals surface area contributed by atoms with Crippen molar-refractivity contribution in [2.24, 2.45) is 0 Å². The van der Waals surface area contributed by atoms with E-state index in [1.165, 1.54) is 50.8 Å². The Morgan fingerprint density at radius 1 is 1.31 bits per heavy atom. The van der Waals surface area contributed by atoms with E-state index < -0.39 is 0 Å². The average Bonchev–Trinajstić information content (AvgIpc) is 3.02. The van der Waals surface area contributed by atoms with Gasteiger partial charge in [0.25, 0.3) is 0 Å². The van der Waals surface area contributed by atoms with Gasteiger partial charge in [-0.25, -0.2) is 0 Å². The van der Waals surface area contributed by atoms with Crippen molar-refractivity contribution < 1.29 is 0 Å². The molecule has 1 nitrogen and oxygen atoms in total. The van der Waals surface area contributed by atoms with E-state index in [0.717, 1.165) is 11.4 Å². The first-order valence-electron chi connectivity index (χ1n) is 6.21. The lowest BCUT2D eigenvalue weighted by molar-refractivity contribution is 0.249. The van der Waals surface area contributed by atoms with Crippen LogP contribution in [0.25, 0.3) is 0 Å². The maximum absolute atomic E-state index is 3.49. The zero-order valence-electron chi connectivity index (χ0n) is 9.70. The molecule has 0 aromatic carbocycles. The van der Waals surface area contributed by atoms with Crippen LogP contribution in [0.1, 0.15) is 37.7 Å². The van der Waals surface area contributed by atoms with Gasteiger partial charge in [0.1, 0.15) is 0 Å². The monoisotopic (exact) mass is 301 g/mol. The van der Waals surface area contributed by atoms with Crippen LogP contribution in [-0.2, 0) is 6.54 Å². The third-order valence-electron chi connectivity index (χ3n) is 3.11. The molecule has 1 aliphatic carbocycles. The molecule has 0 amide bonds. The fraction of sp³-hybridized carbons (Fsp3) is 0.692. The van der Waals surface area contributed by atoms with Crippen LogP contribution in [0.5, 0.6) is 0 Å². The molecule has 1 heterocycles. The first-order valence-corrected chi connectivity index (χ1v) is 8.27. The van der Waals surface area contributed by atoms with E-state index in [2.05, 4.69) is 37.7 Å². The molecule has 0 unspecified atom stereocenters. The summed E-state index contributed by atoms with van der Waals surface area (Å²) in [5.74, 6) is 0. The summed E-state index contributed by atoms with van der Waals surface area (Å²) in [4.78, 5) is 2.68. The van der Waals surface area contributed by atoms with Gasteiger partial charge in [0.2, 0.25) is 0 Å². The van der Waals surface area contributed by atoms with Crippen molar-refractivity contribution in [3.8, 4) is 0 Å². The smallest absolute Gasteiger partial charge is 0.0244 e. The molecule has 0 bridgehead atoms. The van der Waals surface area contributed by atoms with Crippen molar-refractivity contribution in [3.05, 3.63) is 22.4 Å². The fourth-order valence-electron chi connectivity index (χ4n) is 2.03. The molecule has 2 rings (SSSR count). The molecule has 0 spiro atoms. The molecular weight excluding hydrogens is 282 g/mol. The molecule has 1 aliphatic rings. The van der Waals surface area contributed by atoms with Gasteiger partial charge in [0.15, 0.2) is 0 Å². The van der Waals surface area contributed by atoms with Crippen LogP contribution < -0.4 is 0 Å². The zero-order valence-corrected chi connectivity index (χ0v) is 12.1. The normalized spacial score (nSPS) is 15.9. The molecule has 0 radical (unpaired) electrons. The maximum atomic E-state index is 3.49. The minimum atomic E-state index is 0.892. The Balaban J connectivity index is 1.72. The predicted octanol–water partition coefficient (Wildman–Crippen LogP) is 4.28. The molecule has 1 aromatic rings. The van der Waals surface area contributed by atoms with Crippen molar-refractivity contribution in [1.29, 1.82) is 0 Å². The lowest BCUT2D eigenvalue weighted by atomic mass is 10.2. The van der Waals surface area contributed by atoms with Crippen LogP contribution in [-0.4, -0.2) is 22.8 Å². The summed E-state index contributed by atoms with van der Waals surface area (Å²) < 4.78 is 0. The van der Waals surface area contributed by atoms with Crippen LogP contribution in [0, 0.1) is 0 Å². The minimum Gasteiger partial charge on any atom is -0.296 e. The van der Waals surface area contributed by atoms with E-state index >= 15 is 0 Å². The number of halogens is 1. The van der Waals surface area contributed by atoms with Crippen molar-refractivity contribution in [2.45, 2.75) is 44.7 Å². The number of rotatable bonds is 8. The number of nitrogens with zero attached hydrogens (tertiary/aromatic N) is 1. The van der Waals surface area contributed by atoms with Crippen molar-refractivity contribution in [1.82, 2.24) is 4.90 Å². The highest BCUT2D eigenvalue weighted by Crippen LogP contribution is 2.29. The lowest BCUT2D eigenvalue weighted by Gasteiger charge is -2.21. The van der Waals surface area contributed by atoms with Crippen LogP contribution in [0.15, 0.2) is 16.8 Å². The van der Waals surface area contributed by atoms with Gasteiger partial charge < -0.3 is 0 Å². The second-order valence-electron chi connectivity index (χ2n) is 4.58. The second-order valence-corrected chi connectivity index (χ2v) is 6.16. The first-order chi connectivity index (χ1) is 7.90. The highest BCUT2D eigenvalue weighted by molar-refractivity contribution is 9.09. The van der Waals surface area contributed by atoms with Crippen molar-refractivity contribution in [2.75, 3.05) is 11.9 Å². The first kappa shape index (κ1) is 12.6. The summed E-state index contributed by atoms with van der Waals surface area (Å²) in [5.41, 5.74) is 1.50. The summed E-state index contributed by atoms with van der Waals surface area (Å²) in [6.45, 7) is 2.45. The number of hydrogen-bond acceptors (Lipinski definition) is 2. The molecule has 3 heteroatoms. The SMILES string of the molecule is BrCCCCCN(Cc1ccsc1)C1CC1. The molecule has 0 N–H and O–H groups in total. The molecule has 0 atom stereocenters. The molecule has 0 saturated heterocycles. The third kappa shape index (κ3) is 4.19. The fourth-order valence-corrected chi connectivity index (χ4v) is 3.09. The summed E-state index contributed by atoms with van der Waals surface area (Å²) >= 11 is 5.31. The van der Waals surface area contributed by atoms with Gasteiger partial charge in [-0.15, -0.1) is 0 Å². The molecule has 1 aromatic heterocycles. The van der Waals surface area contributed by atoms with Crippen LogP contribution in [0.3, 0.4) is 0 Å². The quantitative estimate of drug-likeness (QED) is 0.512. The van der Waals surface area contributed by atoms with Gasteiger partial charge in [0.05, 0.1) is 0 Å². The van der Waals surface area contributed by atoms with E-state index in [4.69, 9.17) is 0 Å². The standard InChI is InChI=1S/C13H20BrNS/c14-7-2-1-3-8-15(13-4-5-13)10-12-6-9-16-11-12/h6,9,11,13H,1-5,7-8,10H2. The highest BCUT2D eigenvalue weighted by atomic mass is 79.9. The predicted molar refractivity (Wildman–Crippen MR) is 75.4 cm³/mol. The minimum absolute atomic E-state index is 0.892. The summed E-state index contributed by atoms with van der Waals surface area (Å²) in [6.07, 6.45) is 6.87. The van der Waals surface area contributed by atoms with Gasteiger partial charge in [-0.1, -0.05) is 22.4 Å². The summed E-state index contributed by atoms with van der Waals surface area (Å²) in [5, 5.41) is 5.63.